The highest BCUT2D eigenvalue weighted by Gasteiger charge is 2.12. The highest BCUT2D eigenvalue weighted by Crippen LogP contribution is 2.22. The molecule has 0 heterocycles. The Hall–Kier alpha value is -1.55. The summed E-state index contributed by atoms with van der Waals surface area (Å²) < 4.78 is 0. The Morgan fingerprint density at radius 2 is 1.85 bits per heavy atom. The molecule has 1 aromatic carbocycles. The predicted molar refractivity (Wildman–Crippen MR) is 79.6 cm³/mol. The van der Waals surface area contributed by atoms with Crippen molar-refractivity contribution >= 4 is 6.09 Å². The Balaban J connectivity index is 1.74. The second-order valence-electron chi connectivity index (χ2n) is 5.61. The van der Waals surface area contributed by atoms with Crippen LogP contribution in [0.5, 0.6) is 0 Å². The number of hydrogen-bond donors (Lipinski definition) is 3. The number of benzene rings is 1. The summed E-state index contributed by atoms with van der Waals surface area (Å²) in [7, 11) is 0. The third kappa shape index (κ3) is 5.21. The molecule has 0 radical (unpaired) electrons. The van der Waals surface area contributed by atoms with Gasteiger partial charge in [0.25, 0.3) is 0 Å². The maximum absolute atomic E-state index is 10.5. The van der Waals surface area contributed by atoms with E-state index in [-0.39, 0.29) is 0 Å². The van der Waals surface area contributed by atoms with Gasteiger partial charge in [-0.25, -0.2) is 4.79 Å². The van der Waals surface area contributed by atoms with E-state index in [1.807, 2.05) is 12.1 Å². The van der Waals surface area contributed by atoms with Gasteiger partial charge in [-0.05, 0) is 36.4 Å². The fraction of sp³-hybridized carbons (Fsp3) is 0.562. The van der Waals surface area contributed by atoms with Crippen molar-refractivity contribution in [3.8, 4) is 0 Å². The molecule has 0 bridgehead atoms. The zero-order valence-electron chi connectivity index (χ0n) is 11.9. The van der Waals surface area contributed by atoms with Crippen molar-refractivity contribution in [3.05, 3.63) is 35.4 Å². The standard InChI is InChI=1S/C16H24N2O2/c19-16(20)18-12-15-8-4-7-14(9-15)11-17-10-13-5-2-1-3-6-13/h4,7-9,13,17-18H,1-3,5-6,10-12H2,(H,19,20). The molecule has 110 valence electrons. The van der Waals surface area contributed by atoms with Crippen LogP contribution in [0.25, 0.3) is 0 Å². The molecule has 4 nitrogen and oxygen atoms in total. The Morgan fingerprint density at radius 3 is 2.55 bits per heavy atom. The minimum absolute atomic E-state index is 0.367. The van der Waals surface area contributed by atoms with E-state index in [9.17, 15) is 4.79 Å². The number of carboxylic acid groups (broad SMARTS) is 1. The molecule has 1 aliphatic carbocycles. The normalized spacial score (nSPS) is 16.0. The third-order valence-corrected chi connectivity index (χ3v) is 3.92. The van der Waals surface area contributed by atoms with Crippen LogP contribution >= 0.6 is 0 Å². The van der Waals surface area contributed by atoms with Gasteiger partial charge in [0.1, 0.15) is 0 Å². The van der Waals surface area contributed by atoms with Crippen molar-refractivity contribution in [2.24, 2.45) is 5.92 Å². The number of hydrogen-bond acceptors (Lipinski definition) is 2. The van der Waals surface area contributed by atoms with Gasteiger partial charge in [0.2, 0.25) is 0 Å². The zero-order chi connectivity index (χ0) is 14.2. The van der Waals surface area contributed by atoms with Crippen LogP contribution in [0.4, 0.5) is 4.79 Å². The Kier molecular flexibility index (Phi) is 5.87. The molecule has 20 heavy (non-hydrogen) atoms. The van der Waals surface area contributed by atoms with E-state index in [2.05, 4.69) is 22.8 Å². The van der Waals surface area contributed by atoms with Crippen molar-refractivity contribution in [2.75, 3.05) is 6.54 Å². The average molecular weight is 276 g/mol. The van der Waals surface area contributed by atoms with Crippen molar-refractivity contribution in [2.45, 2.75) is 45.2 Å². The fourth-order valence-electron chi connectivity index (χ4n) is 2.84. The summed E-state index contributed by atoms with van der Waals surface area (Å²) in [5.74, 6) is 0.834. The lowest BCUT2D eigenvalue weighted by Gasteiger charge is -2.21. The zero-order valence-corrected chi connectivity index (χ0v) is 11.9. The van der Waals surface area contributed by atoms with E-state index in [0.29, 0.717) is 6.54 Å². The van der Waals surface area contributed by atoms with Gasteiger partial charge in [0.05, 0.1) is 0 Å². The molecule has 1 aromatic rings. The molecule has 1 amide bonds. The molecule has 0 spiro atoms. The molecule has 2 rings (SSSR count). The lowest BCUT2D eigenvalue weighted by molar-refractivity contribution is 0.194. The van der Waals surface area contributed by atoms with Crippen LogP contribution in [0.15, 0.2) is 24.3 Å². The first-order chi connectivity index (χ1) is 9.74. The fourth-order valence-corrected chi connectivity index (χ4v) is 2.84. The van der Waals surface area contributed by atoms with Gasteiger partial charge in [-0.15, -0.1) is 0 Å². The average Bonchev–Trinajstić information content (AvgIpc) is 2.47. The van der Waals surface area contributed by atoms with Crippen LogP contribution in [0.1, 0.15) is 43.2 Å². The maximum atomic E-state index is 10.5. The van der Waals surface area contributed by atoms with Crippen LogP contribution in [-0.4, -0.2) is 17.7 Å². The first-order valence-electron chi connectivity index (χ1n) is 7.49. The lowest BCUT2D eigenvalue weighted by Crippen LogP contribution is -2.24. The summed E-state index contributed by atoms with van der Waals surface area (Å²) in [4.78, 5) is 10.5. The van der Waals surface area contributed by atoms with E-state index in [1.165, 1.54) is 37.7 Å². The van der Waals surface area contributed by atoms with E-state index in [0.717, 1.165) is 24.6 Å². The summed E-state index contributed by atoms with van der Waals surface area (Å²) in [5.41, 5.74) is 2.22. The molecule has 0 atom stereocenters. The second kappa shape index (κ2) is 7.90. The van der Waals surface area contributed by atoms with Gasteiger partial charge in [-0.2, -0.15) is 0 Å². The predicted octanol–water partition coefficient (Wildman–Crippen LogP) is 3.12. The van der Waals surface area contributed by atoms with Crippen LogP contribution in [0.3, 0.4) is 0 Å². The van der Waals surface area contributed by atoms with Gasteiger partial charge in [-0.1, -0.05) is 43.5 Å². The number of carbonyl (C=O) groups is 1. The minimum Gasteiger partial charge on any atom is -0.465 e. The van der Waals surface area contributed by atoms with Crippen molar-refractivity contribution in [3.63, 3.8) is 0 Å². The summed E-state index contributed by atoms with van der Waals surface area (Å²) >= 11 is 0. The highest BCUT2D eigenvalue weighted by atomic mass is 16.4. The summed E-state index contributed by atoms with van der Waals surface area (Å²) in [5, 5.41) is 14.5. The van der Waals surface area contributed by atoms with Crippen molar-refractivity contribution in [1.29, 1.82) is 0 Å². The number of amides is 1. The Labute approximate surface area is 120 Å². The minimum atomic E-state index is -0.981. The van der Waals surface area contributed by atoms with E-state index < -0.39 is 6.09 Å². The largest absolute Gasteiger partial charge is 0.465 e. The molecule has 1 saturated carbocycles. The number of rotatable bonds is 6. The first-order valence-corrected chi connectivity index (χ1v) is 7.49. The van der Waals surface area contributed by atoms with Crippen LogP contribution in [0.2, 0.25) is 0 Å². The topological polar surface area (TPSA) is 61.4 Å². The molecule has 0 unspecified atom stereocenters. The van der Waals surface area contributed by atoms with Crippen molar-refractivity contribution in [1.82, 2.24) is 10.6 Å². The van der Waals surface area contributed by atoms with E-state index >= 15 is 0 Å². The summed E-state index contributed by atoms with van der Waals surface area (Å²) in [6, 6.07) is 8.07. The molecular formula is C16H24N2O2. The maximum Gasteiger partial charge on any atom is 0.404 e. The second-order valence-corrected chi connectivity index (χ2v) is 5.61. The van der Waals surface area contributed by atoms with E-state index in [4.69, 9.17) is 5.11 Å². The molecule has 1 aliphatic rings. The molecule has 3 N–H and O–H groups in total. The quantitative estimate of drug-likeness (QED) is 0.748. The molecule has 0 saturated heterocycles. The summed E-state index contributed by atoms with van der Waals surface area (Å²) in [6.07, 6.45) is 5.89. The number of nitrogens with one attached hydrogen (secondary N) is 2. The van der Waals surface area contributed by atoms with Gasteiger partial charge in [0.15, 0.2) is 0 Å². The van der Waals surface area contributed by atoms with Gasteiger partial charge >= 0.3 is 6.09 Å². The highest BCUT2D eigenvalue weighted by molar-refractivity contribution is 5.64. The Morgan fingerprint density at radius 1 is 1.15 bits per heavy atom. The van der Waals surface area contributed by atoms with Crippen molar-refractivity contribution < 1.29 is 9.90 Å². The molecule has 0 aliphatic heterocycles. The molecular weight excluding hydrogens is 252 g/mol. The van der Waals surface area contributed by atoms with Crippen LogP contribution in [0, 0.1) is 5.92 Å². The van der Waals surface area contributed by atoms with Gasteiger partial charge < -0.3 is 15.7 Å². The van der Waals surface area contributed by atoms with Gasteiger partial charge in [0, 0.05) is 13.1 Å². The lowest BCUT2D eigenvalue weighted by atomic mass is 9.89. The molecule has 0 aromatic heterocycles. The smallest absolute Gasteiger partial charge is 0.404 e. The molecule has 4 heteroatoms. The molecule has 1 fully saturated rings. The monoisotopic (exact) mass is 276 g/mol. The summed E-state index contributed by atoms with van der Waals surface area (Å²) in [6.45, 7) is 2.32. The van der Waals surface area contributed by atoms with Crippen LogP contribution < -0.4 is 10.6 Å². The first kappa shape index (κ1) is 14.9. The van der Waals surface area contributed by atoms with Crippen LogP contribution in [-0.2, 0) is 13.1 Å². The van der Waals surface area contributed by atoms with Gasteiger partial charge in [-0.3, -0.25) is 0 Å². The SMILES string of the molecule is O=C(O)NCc1cccc(CNCC2CCCCC2)c1. The third-order valence-electron chi connectivity index (χ3n) is 3.92. The Bertz CT molecular complexity index is 428. The van der Waals surface area contributed by atoms with E-state index in [1.54, 1.807) is 0 Å².